The number of hydrogen-bond acceptors (Lipinski definition) is 6. The first kappa shape index (κ1) is 14.3. The number of aliphatic hydroxyl groups is 1. The molecule has 2 N–H and O–H groups in total. The molecule has 0 spiro atoms. The average Bonchev–Trinajstić information content (AvgIpc) is 2.72. The minimum Gasteiger partial charge on any atom is -0.407 e. The van der Waals surface area contributed by atoms with Gasteiger partial charge in [0.25, 0.3) is 0 Å². The van der Waals surface area contributed by atoms with E-state index >= 15 is 0 Å². The van der Waals surface area contributed by atoms with Crippen LogP contribution in [0.2, 0.25) is 0 Å². The van der Waals surface area contributed by atoms with Crippen LogP contribution in [0.15, 0.2) is 4.42 Å². The summed E-state index contributed by atoms with van der Waals surface area (Å²) in [6.45, 7) is 7.72. The van der Waals surface area contributed by atoms with Gasteiger partial charge in [-0.05, 0) is 39.5 Å². The van der Waals surface area contributed by atoms with Crippen molar-refractivity contribution in [1.29, 1.82) is 0 Å². The Kier molecular flexibility index (Phi) is 4.10. The van der Waals surface area contributed by atoms with Gasteiger partial charge in [-0.2, -0.15) is 0 Å². The van der Waals surface area contributed by atoms with Crippen LogP contribution in [0.4, 0.5) is 6.01 Å². The molecule has 0 radical (unpaired) electrons. The number of anilines is 1. The van der Waals surface area contributed by atoms with Crippen LogP contribution < -0.4 is 10.2 Å². The Morgan fingerprint density at radius 3 is 2.63 bits per heavy atom. The van der Waals surface area contributed by atoms with E-state index in [2.05, 4.69) is 36.3 Å². The molecule has 0 saturated heterocycles. The van der Waals surface area contributed by atoms with Crippen LogP contribution in [0, 0.1) is 5.92 Å². The van der Waals surface area contributed by atoms with Gasteiger partial charge in [-0.1, -0.05) is 5.10 Å². The van der Waals surface area contributed by atoms with Crippen molar-refractivity contribution in [2.45, 2.75) is 51.8 Å². The van der Waals surface area contributed by atoms with E-state index in [9.17, 15) is 5.11 Å². The first-order valence-electron chi connectivity index (χ1n) is 6.80. The maximum absolute atomic E-state index is 9.27. The van der Waals surface area contributed by atoms with Gasteiger partial charge in [-0.15, -0.1) is 5.10 Å². The minimum atomic E-state index is -0.118. The van der Waals surface area contributed by atoms with E-state index < -0.39 is 0 Å². The lowest BCUT2D eigenvalue weighted by Gasteiger charge is -2.33. The molecule has 0 aliphatic heterocycles. The van der Waals surface area contributed by atoms with Gasteiger partial charge < -0.3 is 19.7 Å². The molecule has 1 saturated carbocycles. The molecule has 19 heavy (non-hydrogen) atoms. The van der Waals surface area contributed by atoms with Gasteiger partial charge in [-0.25, -0.2) is 0 Å². The van der Waals surface area contributed by atoms with E-state index in [4.69, 9.17) is 4.42 Å². The molecule has 1 fully saturated rings. The second kappa shape index (κ2) is 5.46. The van der Waals surface area contributed by atoms with E-state index in [1.807, 2.05) is 11.9 Å². The highest BCUT2D eigenvalue weighted by Gasteiger charge is 2.29. The molecule has 0 bridgehead atoms. The molecule has 0 aromatic carbocycles. The van der Waals surface area contributed by atoms with Gasteiger partial charge in [0.1, 0.15) is 0 Å². The van der Waals surface area contributed by atoms with Gasteiger partial charge in [-0.3, -0.25) is 0 Å². The first-order chi connectivity index (χ1) is 8.83. The predicted octanol–water partition coefficient (Wildman–Crippen LogP) is 1.16. The topological polar surface area (TPSA) is 74.4 Å². The van der Waals surface area contributed by atoms with Crippen LogP contribution in [-0.4, -0.2) is 40.5 Å². The molecule has 1 aromatic heterocycles. The van der Waals surface area contributed by atoms with Crippen molar-refractivity contribution >= 4 is 6.01 Å². The van der Waals surface area contributed by atoms with E-state index in [-0.39, 0.29) is 11.6 Å². The Hall–Kier alpha value is -1.14. The molecule has 108 valence electrons. The molecule has 6 heteroatoms. The van der Waals surface area contributed by atoms with Crippen molar-refractivity contribution in [3.05, 3.63) is 5.89 Å². The summed E-state index contributed by atoms with van der Waals surface area (Å²) in [7, 11) is 1.94. The summed E-state index contributed by atoms with van der Waals surface area (Å²) in [4.78, 5) is 1.96. The Bertz CT molecular complexity index is 407. The van der Waals surface area contributed by atoms with Gasteiger partial charge in [0.2, 0.25) is 5.89 Å². The highest BCUT2D eigenvalue weighted by molar-refractivity contribution is 5.22. The Morgan fingerprint density at radius 2 is 2.05 bits per heavy atom. The Labute approximate surface area is 114 Å². The van der Waals surface area contributed by atoms with Crippen LogP contribution in [-0.2, 0) is 6.54 Å². The van der Waals surface area contributed by atoms with E-state index in [0.717, 1.165) is 19.4 Å². The highest BCUT2D eigenvalue weighted by atomic mass is 16.4. The summed E-state index contributed by atoms with van der Waals surface area (Å²) in [5.74, 6) is 1.13. The van der Waals surface area contributed by atoms with Crippen molar-refractivity contribution in [1.82, 2.24) is 15.5 Å². The number of nitrogens with one attached hydrogen (secondary N) is 1. The second-order valence-corrected chi connectivity index (χ2v) is 6.45. The fourth-order valence-electron chi connectivity index (χ4n) is 2.13. The lowest BCUT2D eigenvalue weighted by atomic mass is 9.82. The highest BCUT2D eigenvalue weighted by Crippen LogP contribution is 2.28. The molecule has 1 heterocycles. The molecule has 0 unspecified atom stereocenters. The lowest BCUT2D eigenvalue weighted by Crippen LogP contribution is -2.37. The number of aromatic nitrogens is 2. The molecule has 1 aromatic rings. The molecule has 0 amide bonds. The summed E-state index contributed by atoms with van der Waals surface area (Å²) in [6, 6.07) is 0.548. The molecule has 6 nitrogen and oxygen atoms in total. The summed E-state index contributed by atoms with van der Waals surface area (Å²) >= 11 is 0. The molecule has 1 aliphatic rings. The van der Waals surface area contributed by atoms with E-state index in [1.165, 1.54) is 0 Å². The standard InChI is InChI=1S/C13H24N4O2/c1-13(2,3)14-7-11-15-16-12(19-11)17(4)8-9-5-10(18)6-9/h9-10,14,18H,5-8H2,1-4H3. The third-order valence-electron chi connectivity index (χ3n) is 3.30. The average molecular weight is 268 g/mol. The summed E-state index contributed by atoms with van der Waals surface area (Å²) in [5, 5.41) is 20.7. The SMILES string of the molecule is CN(CC1CC(O)C1)c1nnc(CNC(C)(C)C)o1. The molecular weight excluding hydrogens is 244 g/mol. The second-order valence-electron chi connectivity index (χ2n) is 6.45. The molecule has 2 rings (SSSR count). The molecule has 0 atom stereocenters. The third-order valence-corrected chi connectivity index (χ3v) is 3.30. The zero-order valence-electron chi connectivity index (χ0n) is 12.2. The Morgan fingerprint density at radius 1 is 1.37 bits per heavy atom. The van der Waals surface area contributed by atoms with Gasteiger partial charge in [0.15, 0.2) is 0 Å². The third kappa shape index (κ3) is 4.18. The van der Waals surface area contributed by atoms with Crippen LogP contribution in [0.1, 0.15) is 39.5 Å². The number of hydrogen-bond donors (Lipinski definition) is 2. The molecular formula is C13H24N4O2. The smallest absolute Gasteiger partial charge is 0.317 e. The predicted molar refractivity (Wildman–Crippen MR) is 72.9 cm³/mol. The Balaban J connectivity index is 1.82. The number of nitrogens with zero attached hydrogens (tertiary/aromatic N) is 3. The van der Waals surface area contributed by atoms with Crippen molar-refractivity contribution < 1.29 is 9.52 Å². The van der Waals surface area contributed by atoms with Crippen molar-refractivity contribution in [2.75, 3.05) is 18.5 Å². The van der Waals surface area contributed by atoms with E-state index in [0.29, 0.717) is 24.4 Å². The van der Waals surface area contributed by atoms with Crippen LogP contribution in [0.5, 0.6) is 0 Å². The first-order valence-corrected chi connectivity index (χ1v) is 6.80. The van der Waals surface area contributed by atoms with Crippen LogP contribution in [0.25, 0.3) is 0 Å². The molecule has 1 aliphatic carbocycles. The lowest BCUT2D eigenvalue weighted by molar-refractivity contribution is 0.0461. The van der Waals surface area contributed by atoms with Gasteiger partial charge in [0.05, 0.1) is 12.6 Å². The van der Waals surface area contributed by atoms with Crippen LogP contribution >= 0.6 is 0 Å². The van der Waals surface area contributed by atoms with E-state index in [1.54, 1.807) is 0 Å². The quantitative estimate of drug-likeness (QED) is 0.835. The normalized spacial score (nSPS) is 23.2. The minimum absolute atomic E-state index is 0.0304. The maximum Gasteiger partial charge on any atom is 0.317 e. The van der Waals surface area contributed by atoms with Crippen molar-refractivity contribution in [3.63, 3.8) is 0 Å². The van der Waals surface area contributed by atoms with Gasteiger partial charge >= 0.3 is 6.01 Å². The summed E-state index contributed by atoms with van der Waals surface area (Å²) in [6.07, 6.45) is 1.63. The number of aliphatic hydroxyl groups excluding tert-OH is 1. The van der Waals surface area contributed by atoms with Crippen LogP contribution in [0.3, 0.4) is 0 Å². The zero-order chi connectivity index (χ0) is 14.0. The monoisotopic (exact) mass is 268 g/mol. The van der Waals surface area contributed by atoms with Crippen molar-refractivity contribution in [3.8, 4) is 0 Å². The largest absolute Gasteiger partial charge is 0.407 e. The number of rotatable bonds is 5. The zero-order valence-corrected chi connectivity index (χ0v) is 12.2. The van der Waals surface area contributed by atoms with Crippen molar-refractivity contribution in [2.24, 2.45) is 5.92 Å². The maximum atomic E-state index is 9.27. The summed E-state index contributed by atoms with van der Waals surface area (Å²) < 4.78 is 5.62. The van der Waals surface area contributed by atoms with Gasteiger partial charge in [0, 0.05) is 19.1 Å². The fraction of sp³-hybridized carbons (Fsp3) is 0.846. The fourth-order valence-corrected chi connectivity index (χ4v) is 2.13. The summed E-state index contributed by atoms with van der Waals surface area (Å²) in [5.41, 5.74) is 0.0304.